The van der Waals surface area contributed by atoms with E-state index in [0.29, 0.717) is 5.92 Å². The molecule has 65 valence electrons. The summed E-state index contributed by atoms with van der Waals surface area (Å²) in [6.07, 6.45) is 0. The van der Waals surface area contributed by atoms with Crippen molar-refractivity contribution in [3.63, 3.8) is 0 Å². The van der Waals surface area contributed by atoms with Gasteiger partial charge in [0.15, 0.2) is 0 Å². The molecule has 0 spiro atoms. The van der Waals surface area contributed by atoms with Crippen molar-refractivity contribution in [2.24, 2.45) is 0 Å². The molecule has 1 aliphatic carbocycles. The van der Waals surface area contributed by atoms with Crippen molar-refractivity contribution in [1.29, 1.82) is 0 Å². The zero-order valence-corrected chi connectivity index (χ0v) is 9.31. The summed E-state index contributed by atoms with van der Waals surface area (Å²) in [5, 5.41) is 1.29. The van der Waals surface area contributed by atoms with Crippen LogP contribution in [0.3, 0.4) is 0 Å². The molecule has 0 aliphatic heterocycles. The molecule has 3 radical (unpaired) electrons. The van der Waals surface area contributed by atoms with Gasteiger partial charge in [-0.2, -0.15) is 0 Å². The van der Waals surface area contributed by atoms with Crippen molar-refractivity contribution in [1.82, 2.24) is 0 Å². The van der Waals surface area contributed by atoms with Crippen LogP contribution in [0.15, 0.2) is 23.8 Å². The van der Waals surface area contributed by atoms with Gasteiger partial charge in [0, 0.05) is 5.92 Å². The van der Waals surface area contributed by atoms with E-state index in [1.54, 1.807) is 0 Å². The summed E-state index contributed by atoms with van der Waals surface area (Å²) >= 11 is 0. The quantitative estimate of drug-likeness (QED) is 0.545. The summed E-state index contributed by atoms with van der Waals surface area (Å²) in [4.78, 5) is 0. The number of aryl methyl sites for hydroxylation is 1. The molecular formula is C12H13Si. The number of allylic oxidation sites excluding steroid dienone is 1. The molecule has 0 amide bonds. The molecule has 1 aromatic carbocycles. The van der Waals surface area contributed by atoms with E-state index in [1.165, 1.54) is 27.5 Å². The largest absolute Gasteiger partial charge is 0.0720 e. The lowest BCUT2D eigenvalue weighted by molar-refractivity contribution is 0.920. The van der Waals surface area contributed by atoms with Crippen LogP contribution in [0.2, 0.25) is 0 Å². The Morgan fingerprint density at radius 1 is 1.23 bits per heavy atom. The molecule has 13 heavy (non-hydrogen) atoms. The molecule has 0 fully saturated rings. The average molecular weight is 185 g/mol. The molecule has 2 rings (SSSR count). The van der Waals surface area contributed by atoms with Gasteiger partial charge in [0.1, 0.15) is 0 Å². The maximum absolute atomic E-state index is 3.73. The van der Waals surface area contributed by atoms with Crippen LogP contribution >= 0.6 is 0 Å². The first-order chi connectivity index (χ1) is 6.13. The second kappa shape index (κ2) is 2.84. The van der Waals surface area contributed by atoms with E-state index in [-0.39, 0.29) is 0 Å². The highest BCUT2D eigenvalue weighted by Crippen LogP contribution is 2.40. The smallest absolute Gasteiger partial charge is 0.0670 e. The first-order valence-corrected chi connectivity index (χ1v) is 5.15. The Bertz CT molecular complexity index is 388. The van der Waals surface area contributed by atoms with Crippen molar-refractivity contribution in [2.75, 3.05) is 0 Å². The van der Waals surface area contributed by atoms with Gasteiger partial charge < -0.3 is 0 Å². The second-order valence-electron chi connectivity index (χ2n) is 3.82. The van der Waals surface area contributed by atoms with Gasteiger partial charge in [-0.25, -0.2) is 0 Å². The summed E-state index contributed by atoms with van der Waals surface area (Å²) in [5.74, 6) is 0.572. The molecule has 0 aromatic heterocycles. The Kier molecular flexibility index (Phi) is 1.92. The summed E-state index contributed by atoms with van der Waals surface area (Å²) in [6.45, 7) is 6.64. The van der Waals surface area contributed by atoms with Crippen molar-refractivity contribution >= 4 is 15.4 Å². The van der Waals surface area contributed by atoms with Crippen molar-refractivity contribution in [3.8, 4) is 0 Å². The van der Waals surface area contributed by atoms with E-state index in [1.807, 2.05) is 0 Å². The topological polar surface area (TPSA) is 0 Å². The van der Waals surface area contributed by atoms with Gasteiger partial charge in [0.05, 0.1) is 10.2 Å². The monoisotopic (exact) mass is 185 g/mol. The van der Waals surface area contributed by atoms with Gasteiger partial charge in [-0.3, -0.25) is 0 Å². The fraction of sp³-hybridized carbons (Fsp3) is 0.333. The Morgan fingerprint density at radius 2 is 1.92 bits per heavy atom. The first kappa shape index (κ1) is 8.76. The lowest BCUT2D eigenvalue weighted by atomic mass is 9.97. The standard InChI is InChI=1S/C12H13Si/c1-7-5-4-6-10-8(2)9(3)12(13)11(7)10/h4-6,8H,1-3H3. The third kappa shape index (κ3) is 1.11. The molecule has 0 nitrogen and oxygen atoms in total. The summed E-state index contributed by atoms with van der Waals surface area (Å²) in [7, 11) is 3.73. The maximum atomic E-state index is 3.73. The Hall–Kier alpha value is -0.823. The van der Waals surface area contributed by atoms with Crippen LogP contribution in [-0.4, -0.2) is 10.2 Å². The number of hydrogen-bond donors (Lipinski definition) is 0. The van der Waals surface area contributed by atoms with Gasteiger partial charge in [-0.1, -0.05) is 35.9 Å². The van der Waals surface area contributed by atoms with Gasteiger partial charge in [-0.05, 0) is 30.5 Å². The highest BCUT2D eigenvalue weighted by atomic mass is 28.1. The fourth-order valence-electron chi connectivity index (χ4n) is 2.04. The Labute approximate surface area is 83.1 Å². The molecular weight excluding hydrogens is 172 g/mol. The average Bonchev–Trinajstić information content (AvgIpc) is 2.33. The van der Waals surface area contributed by atoms with E-state index in [2.05, 4.69) is 49.2 Å². The zero-order chi connectivity index (χ0) is 9.59. The molecule has 1 aromatic rings. The molecule has 1 heteroatoms. The van der Waals surface area contributed by atoms with Crippen molar-refractivity contribution in [3.05, 3.63) is 40.5 Å². The van der Waals surface area contributed by atoms with Crippen molar-refractivity contribution < 1.29 is 0 Å². The first-order valence-electron chi connectivity index (χ1n) is 4.65. The molecule has 1 unspecified atom stereocenters. The predicted molar refractivity (Wildman–Crippen MR) is 57.9 cm³/mol. The molecule has 0 N–H and O–H groups in total. The predicted octanol–water partition coefficient (Wildman–Crippen LogP) is 3.01. The summed E-state index contributed by atoms with van der Waals surface area (Å²) < 4.78 is 0. The molecule has 0 heterocycles. The highest BCUT2D eigenvalue weighted by molar-refractivity contribution is 6.44. The van der Waals surface area contributed by atoms with Crippen molar-refractivity contribution in [2.45, 2.75) is 26.7 Å². The van der Waals surface area contributed by atoms with E-state index < -0.39 is 0 Å². The normalized spacial score (nSPS) is 20.8. The lowest BCUT2D eigenvalue weighted by Crippen LogP contribution is -1.91. The molecule has 0 saturated heterocycles. The molecule has 0 saturated carbocycles. The third-order valence-electron chi connectivity index (χ3n) is 3.07. The van der Waals surface area contributed by atoms with Crippen LogP contribution in [0.25, 0.3) is 5.20 Å². The van der Waals surface area contributed by atoms with E-state index >= 15 is 0 Å². The molecule has 1 aliphatic rings. The van der Waals surface area contributed by atoms with Crippen LogP contribution in [0.1, 0.15) is 36.5 Å². The van der Waals surface area contributed by atoms with E-state index in [9.17, 15) is 0 Å². The van der Waals surface area contributed by atoms with Crippen LogP contribution in [0.5, 0.6) is 0 Å². The van der Waals surface area contributed by atoms with Gasteiger partial charge in [0.2, 0.25) is 0 Å². The highest BCUT2D eigenvalue weighted by Gasteiger charge is 2.23. The minimum atomic E-state index is 0.572. The lowest BCUT2D eigenvalue weighted by Gasteiger charge is -2.08. The second-order valence-corrected chi connectivity index (χ2v) is 4.32. The maximum Gasteiger partial charge on any atom is 0.0720 e. The number of benzene rings is 1. The number of rotatable bonds is 0. The minimum Gasteiger partial charge on any atom is -0.0670 e. The van der Waals surface area contributed by atoms with Gasteiger partial charge in [-0.15, -0.1) is 0 Å². The van der Waals surface area contributed by atoms with Gasteiger partial charge in [0.25, 0.3) is 0 Å². The summed E-state index contributed by atoms with van der Waals surface area (Å²) in [6, 6.07) is 6.54. The Balaban J connectivity index is 2.72. The van der Waals surface area contributed by atoms with Crippen LogP contribution in [-0.2, 0) is 0 Å². The number of hydrogen-bond acceptors (Lipinski definition) is 0. The Morgan fingerprint density at radius 3 is 2.54 bits per heavy atom. The summed E-state index contributed by atoms with van der Waals surface area (Å²) in [5.41, 5.74) is 5.68. The van der Waals surface area contributed by atoms with Crippen LogP contribution < -0.4 is 0 Å². The number of fused-ring (bicyclic) bond motifs is 1. The molecule has 0 bridgehead atoms. The third-order valence-corrected chi connectivity index (χ3v) is 3.71. The minimum absolute atomic E-state index is 0.572. The van der Waals surface area contributed by atoms with E-state index in [0.717, 1.165) is 0 Å². The molecule has 1 atom stereocenters. The van der Waals surface area contributed by atoms with Gasteiger partial charge >= 0.3 is 0 Å². The van der Waals surface area contributed by atoms with Crippen LogP contribution in [0, 0.1) is 6.92 Å². The van der Waals surface area contributed by atoms with Crippen LogP contribution in [0.4, 0.5) is 0 Å². The van der Waals surface area contributed by atoms with E-state index in [4.69, 9.17) is 0 Å². The fourth-order valence-corrected chi connectivity index (χ4v) is 2.60. The zero-order valence-electron chi connectivity index (χ0n) is 8.31. The SMILES string of the molecule is CC1=C([Si])c2c(C)cccc2C1C.